The molecule has 34 heteroatoms. The Morgan fingerprint density at radius 3 is 2.06 bits per heavy atom. The summed E-state index contributed by atoms with van der Waals surface area (Å²) >= 11 is 0. The van der Waals surface area contributed by atoms with Crippen molar-refractivity contribution < 1.29 is 102 Å². The van der Waals surface area contributed by atoms with Crippen LogP contribution in [-0.2, 0) is 78.1 Å². The summed E-state index contributed by atoms with van der Waals surface area (Å²) < 4.78 is 30.0. The fourth-order valence-electron chi connectivity index (χ4n) is 11.8. The van der Waals surface area contributed by atoms with E-state index in [2.05, 4.69) is 42.5 Å². The molecule has 2 aromatic carbocycles. The van der Waals surface area contributed by atoms with Gasteiger partial charge in [-0.05, 0) is 81.2 Å². The molecule has 0 saturated carbocycles. The molecule has 0 aliphatic carbocycles. The average Bonchev–Trinajstić information content (AvgIpc) is 1.50. The van der Waals surface area contributed by atoms with E-state index in [0.29, 0.717) is 31.4 Å². The predicted octanol–water partition coefficient (Wildman–Crippen LogP) is -1.86. The molecule has 0 radical (unpaired) electrons. The van der Waals surface area contributed by atoms with Crippen LogP contribution in [0.1, 0.15) is 137 Å². The number of H-pyrrole nitrogens is 1. The number of hydrogen-bond donors (Lipinski definition) is 14. The monoisotopic (exact) mass is 1490 g/mol. The van der Waals surface area contributed by atoms with E-state index in [9.17, 15) is 78.3 Å². The maximum absolute atomic E-state index is 15.5. The van der Waals surface area contributed by atoms with Crippen molar-refractivity contribution in [3.8, 4) is 5.75 Å². The number of aliphatic hydroxyl groups is 5. The highest BCUT2D eigenvalue weighted by Gasteiger charge is 2.46. The van der Waals surface area contributed by atoms with Crippen molar-refractivity contribution in [1.29, 1.82) is 0 Å². The lowest BCUT2D eigenvalue weighted by Crippen LogP contribution is -2.61. The zero-order chi connectivity index (χ0) is 78.1. The fraction of sp³-hybridized carbons (Fsp3) is 0.597. The van der Waals surface area contributed by atoms with Crippen LogP contribution in [0.2, 0.25) is 0 Å². The van der Waals surface area contributed by atoms with E-state index in [1.54, 1.807) is 58.0 Å². The number of carbonyl (C=O) groups excluding carboxylic acids is 11. The Hall–Kier alpha value is -9.45. The van der Waals surface area contributed by atoms with Crippen LogP contribution in [0, 0.1) is 17.8 Å². The fourth-order valence-corrected chi connectivity index (χ4v) is 11.8. The molecule has 4 aliphatic rings. The van der Waals surface area contributed by atoms with Gasteiger partial charge in [0.25, 0.3) is 5.56 Å². The minimum absolute atomic E-state index is 0.0222. The first kappa shape index (κ1) is 85.5. The third-order valence-electron chi connectivity index (χ3n) is 18.8. The number of aromatic nitrogens is 2. The van der Waals surface area contributed by atoms with Crippen LogP contribution < -0.4 is 58.5 Å². The number of ether oxygens (including phenoxy) is 5. The van der Waals surface area contributed by atoms with Gasteiger partial charge < -0.3 is 96.7 Å². The van der Waals surface area contributed by atoms with Gasteiger partial charge in [0.15, 0.2) is 12.3 Å². The zero-order valence-corrected chi connectivity index (χ0v) is 61.1. The Bertz CT molecular complexity index is 3650. The van der Waals surface area contributed by atoms with E-state index in [1.807, 2.05) is 4.98 Å². The van der Waals surface area contributed by atoms with Crippen LogP contribution >= 0.6 is 0 Å². The highest BCUT2D eigenvalue weighted by Crippen LogP contribution is 2.29. The zero-order valence-electron chi connectivity index (χ0n) is 61.1. The van der Waals surface area contributed by atoms with Gasteiger partial charge in [-0.2, -0.15) is 0 Å². The van der Waals surface area contributed by atoms with Gasteiger partial charge in [-0.15, -0.1) is 0 Å². The summed E-state index contributed by atoms with van der Waals surface area (Å²) in [5, 5.41) is 75.9. The third-order valence-corrected chi connectivity index (χ3v) is 18.8. The number of unbranched alkanes of at least 4 members (excludes halogenated alkanes) is 4. The minimum atomic E-state index is -2.09. The van der Waals surface area contributed by atoms with Crippen molar-refractivity contribution in [1.82, 2.24) is 57.0 Å². The number of aromatic amines is 1. The van der Waals surface area contributed by atoms with Gasteiger partial charge in [-0.3, -0.25) is 62.3 Å². The van der Waals surface area contributed by atoms with Gasteiger partial charge in [0.05, 0.1) is 24.7 Å². The number of esters is 2. The van der Waals surface area contributed by atoms with E-state index >= 15 is 9.59 Å². The Kier molecular flexibility index (Phi) is 33.0. The number of likely N-dealkylation sites (N-methyl/N-ethyl adjacent to an activating group) is 1. The number of amides is 9. The van der Waals surface area contributed by atoms with Crippen LogP contribution in [0.5, 0.6) is 5.75 Å². The number of aliphatic hydroxyl groups excluding tert-OH is 4. The van der Waals surface area contributed by atoms with Gasteiger partial charge >= 0.3 is 17.6 Å². The maximum Gasteiger partial charge on any atom is 0.332 e. The second-order valence-corrected chi connectivity index (χ2v) is 27.4. The molecule has 1 aromatic heterocycles. The lowest BCUT2D eigenvalue weighted by molar-refractivity contribution is -0.160. The molecule has 17 atom stereocenters. The van der Waals surface area contributed by atoms with Crippen molar-refractivity contribution in [2.45, 2.75) is 210 Å². The highest BCUT2D eigenvalue weighted by atomic mass is 16.6. The van der Waals surface area contributed by atoms with Crippen molar-refractivity contribution >= 4 is 65.1 Å². The number of nitrogens with zero attached hydrogens (tertiary/aromatic N) is 2. The average molecular weight is 1490 g/mol. The molecule has 7 rings (SSSR count). The Morgan fingerprint density at radius 1 is 0.745 bits per heavy atom. The molecule has 4 bridgehead atoms. The molecular weight excluding hydrogens is 1390 g/mol. The van der Waals surface area contributed by atoms with Gasteiger partial charge in [-0.25, -0.2) is 9.59 Å². The van der Waals surface area contributed by atoms with Crippen LogP contribution in [0.3, 0.4) is 0 Å². The summed E-state index contributed by atoms with van der Waals surface area (Å²) in [6.45, 7) is 9.85. The van der Waals surface area contributed by atoms with Crippen LogP contribution in [0.15, 0.2) is 88.6 Å². The van der Waals surface area contributed by atoms with Gasteiger partial charge in [0.1, 0.15) is 85.2 Å². The van der Waals surface area contributed by atoms with Crippen molar-refractivity contribution in [3.63, 3.8) is 0 Å². The minimum Gasteiger partial charge on any atom is -0.487 e. The van der Waals surface area contributed by atoms with Crippen LogP contribution in [0.4, 0.5) is 0 Å². The molecule has 5 heterocycles. The standard InChI is InChI=1S/C72H103N11O23/c1-10-40(4)56-65(95)81-59-46-24-26-47(27-25-46)105-44(8)72(101,38-102-33-18-13-11-12-17-31-73-51(85)22-19-23-52(86)74-35-50-61(91)62(92)69(106-50)83-32-29-54(88)77-71(83)100)30-28-53(87)75-36-55(89)103-37-48(70(99)104-43(7)58(67(97)78-56)80-63(93)41(5)60(90)39(2)3)76-66(96)57(42(6)84)79-64(94)49(82(9)68(59)98)34-45-20-15-14-16-21-45/h14-16,20-21,24-30,32,39-44,48-50,56-62,69,84,90-92,101H,10-13,17-19,22-23,31,33-38H2,1-9H3,(H,73,85)(H,74,86)(H,75,87)(H,76,96)(H,78,97)(H,79,94)(H,80,93)(H,81,95)(H,77,88,100)/b30-28+/t40-,41+,42+,43+,44-,48-,49-,50+,56+,57+,58-,59-,60+,61+,62+,69+,72+/m0/s1. The summed E-state index contributed by atoms with van der Waals surface area (Å²) in [6.07, 6.45) is -4.51. The smallest absolute Gasteiger partial charge is 0.332 e. The van der Waals surface area contributed by atoms with E-state index in [4.69, 9.17) is 23.7 Å². The van der Waals surface area contributed by atoms with E-state index < -0.39 is 199 Å². The molecule has 4 aliphatic heterocycles. The van der Waals surface area contributed by atoms with Crippen LogP contribution in [-0.4, -0.2) is 230 Å². The first-order chi connectivity index (χ1) is 50.2. The second-order valence-electron chi connectivity index (χ2n) is 27.4. The number of fused-ring (bicyclic) bond motifs is 11. The summed E-state index contributed by atoms with van der Waals surface area (Å²) in [4.78, 5) is 182. The first-order valence-electron chi connectivity index (χ1n) is 35.7. The Labute approximate surface area is 613 Å². The number of nitrogens with one attached hydrogen (secondary N) is 9. The number of cyclic esters (lactones) is 1. The number of hydrogen-bond acceptors (Lipinski definition) is 23. The SMILES string of the molecule is CC[C@H](C)[C@H]1NC(=O)[C@@H](NC(=O)[C@H](C)[C@H](O)C(C)C)[C@@H](C)OC(=O)[C@@H]2COC(=O)CNC(=O)/C=C/[C@@](O)(COCCCCCCCNC(=O)CCCC(=O)NC[C@H]3O[C@@H](n4ccc(=O)[nH]c4=O)[C@H](O)[C@@H]3O)[C@H](C)Oc3ccc(cc3)[C@H](NC1=O)C(=O)N(C)[C@@H](Cc1ccccc1)C(=O)N[C@H]([C@@H](C)O)C(=O)N2. The largest absolute Gasteiger partial charge is 0.487 e. The molecule has 34 nitrogen and oxygen atoms in total. The molecule has 0 unspecified atom stereocenters. The molecule has 14 N–H and O–H groups in total. The molecular formula is C72H103N11O23. The molecule has 2 saturated heterocycles. The number of benzene rings is 2. The lowest BCUT2D eigenvalue weighted by Gasteiger charge is -2.34. The maximum atomic E-state index is 15.5. The summed E-state index contributed by atoms with van der Waals surface area (Å²) in [5.74, 6) is -12.5. The Balaban J connectivity index is 1.19. The summed E-state index contributed by atoms with van der Waals surface area (Å²) in [5.41, 5.74) is -2.97. The van der Waals surface area contributed by atoms with Gasteiger partial charge in [0, 0.05) is 64.3 Å². The Morgan fingerprint density at radius 2 is 1.40 bits per heavy atom. The molecule has 106 heavy (non-hydrogen) atoms. The third kappa shape index (κ3) is 24.8. The first-order valence-corrected chi connectivity index (χ1v) is 35.7. The normalized spacial score (nSPS) is 26.9. The topological polar surface area (TPSA) is 489 Å². The van der Waals surface area contributed by atoms with Crippen molar-refractivity contribution in [2.24, 2.45) is 17.8 Å². The van der Waals surface area contributed by atoms with E-state index in [0.717, 1.165) is 53.6 Å². The molecule has 584 valence electrons. The molecule has 0 spiro atoms. The van der Waals surface area contributed by atoms with Gasteiger partial charge in [0.2, 0.25) is 53.2 Å². The predicted molar refractivity (Wildman–Crippen MR) is 378 cm³/mol. The molecule has 9 amide bonds. The van der Waals surface area contributed by atoms with Crippen LogP contribution in [0.25, 0.3) is 0 Å². The molecule has 3 aromatic rings. The van der Waals surface area contributed by atoms with Crippen molar-refractivity contribution in [3.05, 3.63) is 111 Å². The second kappa shape index (κ2) is 40.9. The van der Waals surface area contributed by atoms with E-state index in [-0.39, 0.29) is 62.5 Å². The number of rotatable bonds is 26. The van der Waals surface area contributed by atoms with Crippen molar-refractivity contribution in [2.75, 3.05) is 46.5 Å². The quantitative estimate of drug-likeness (QED) is 0.0310. The van der Waals surface area contributed by atoms with E-state index in [1.165, 1.54) is 52.1 Å². The summed E-state index contributed by atoms with van der Waals surface area (Å²) in [6, 6.07) is 4.68. The van der Waals surface area contributed by atoms with Gasteiger partial charge in [-0.1, -0.05) is 103 Å². The molecule has 2 fully saturated rings. The lowest BCUT2D eigenvalue weighted by atomic mass is 9.93. The highest BCUT2D eigenvalue weighted by molar-refractivity contribution is 5.98. The number of carbonyl (C=O) groups is 11. The summed E-state index contributed by atoms with van der Waals surface area (Å²) in [7, 11) is 1.28.